The van der Waals surface area contributed by atoms with Gasteiger partial charge >= 0.3 is 0 Å². The number of aryl methyl sites for hydroxylation is 1. The van der Waals surface area contributed by atoms with Crippen LogP contribution in [0, 0.1) is 6.92 Å². The Balaban J connectivity index is 1.97. The molecule has 0 saturated carbocycles. The Morgan fingerprint density at radius 2 is 2.16 bits per heavy atom. The molecule has 0 fully saturated rings. The number of thiazole rings is 1. The van der Waals surface area contributed by atoms with Gasteiger partial charge in [0.2, 0.25) is 0 Å². The molecule has 94 valence electrons. The van der Waals surface area contributed by atoms with Crippen molar-refractivity contribution >= 4 is 28.0 Å². The third-order valence-corrected chi connectivity index (χ3v) is 3.78. The normalized spacial score (nSPS) is 10.8. The van der Waals surface area contributed by atoms with Gasteiger partial charge < -0.3 is 0 Å². The van der Waals surface area contributed by atoms with Crippen molar-refractivity contribution in [3.05, 3.63) is 58.2 Å². The molecule has 1 aromatic carbocycles. The van der Waals surface area contributed by atoms with Crippen LogP contribution in [0.5, 0.6) is 0 Å². The van der Waals surface area contributed by atoms with Crippen LogP contribution in [-0.4, -0.2) is 15.8 Å². The van der Waals surface area contributed by atoms with Crippen LogP contribution in [0.25, 0.3) is 10.9 Å². The second-order valence-electron chi connectivity index (χ2n) is 4.33. The minimum Gasteiger partial charge on any atom is -0.294 e. The molecule has 3 rings (SSSR count). The highest BCUT2D eigenvalue weighted by Gasteiger charge is 2.12. The third-order valence-electron chi connectivity index (χ3n) is 2.95. The molecular formula is C15H12N2OS. The first-order valence-corrected chi connectivity index (χ1v) is 6.90. The zero-order valence-corrected chi connectivity index (χ0v) is 11.3. The van der Waals surface area contributed by atoms with Crippen LogP contribution in [0.15, 0.2) is 41.9 Å². The van der Waals surface area contributed by atoms with Crippen LogP contribution < -0.4 is 0 Å². The van der Waals surface area contributed by atoms with Gasteiger partial charge in [-0.05, 0) is 19.1 Å². The van der Waals surface area contributed by atoms with E-state index in [1.807, 2.05) is 42.6 Å². The molecule has 0 aliphatic rings. The van der Waals surface area contributed by atoms with Crippen LogP contribution in [0.4, 0.5) is 0 Å². The molecule has 0 saturated heterocycles. The average Bonchev–Trinajstić information content (AvgIpc) is 2.83. The summed E-state index contributed by atoms with van der Waals surface area (Å²) in [5, 5.41) is 3.83. The van der Waals surface area contributed by atoms with E-state index in [4.69, 9.17) is 0 Å². The SMILES string of the molecule is Cc1nc(CC(=O)c2cccc3ncccc23)cs1. The monoisotopic (exact) mass is 268 g/mol. The Kier molecular flexibility index (Phi) is 3.09. The molecule has 2 heterocycles. The largest absolute Gasteiger partial charge is 0.294 e. The van der Waals surface area contributed by atoms with Crippen molar-refractivity contribution in [3.63, 3.8) is 0 Å². The molecule has 0 aliphatic carbocycles. The molecular weight excluding hydrogens is 256 g/mol. The van der Waals surface area contributed by atoms with Crippen LogP contribution in [0.1, 0.15) is 21.1 Å². The predicted molar refractivity (Wildman–Crippen MR) is 76.6 cm³/mol. The van der Waals surface area contributed by atoms with E-state index in [1.165, 1.54) is 0 Å². The number of ketones is 1. The molecule has 3 aromatic rings. The van der Waals surface area contributed by atoms with Gasteiger partial charge in [0.1, 0.15) is 0 Å². The van der Waals surface area contributed by atoms with Gasteiger partial charge in [-0.25, -0.2) is 4.98 Å². The molecule has 4 heteroatoms. The maximum absolute atomic E-state index is 12.4. The Hall–Kier alpha value is -2.07. The summed E-state index contributed by atoms with van der Waals surface area (Å²) >= 11 is 1.57. The fourth-order valence-electron chi connectivity index (χ4n) is 2.10. The van der Waals surface area contributed by atoms with E-state index in [1.54, 1.807) is 17.5 Å². The van der Waals surface area contributed by atoms with E-state index in [0.717, 1.165) is 27.2 Å². The summed E-state index contributed by atoms with van der Waals surface area (Å²) in [6.45, 7) is 1.94. The minimum atomic E-state index is 0.0869. The second-order valence-corrected chi connectivity index (χ2v) is 5.40. The summed E-state index contributed by atoms with van der Waals surface area (Å²) < 4.78 is 0. The topological polar surface area (TPSA) is 42.9 Å². The molecule has 0 aliphatic heterocycles. The maximum Gasteiger partial charge on any atom is 0.169 e. The number of carbonyl (C=O) groups is 1. The Labute approximate surface area is 115 Å². The van der Waals surface area contributed by atoms with Crippen molar-refractivity contribution in [1.82, 2.24) is 9.97 Å². The van der Waals surface area contributed by atoms with Crippen molar-refractivity contribution in [3.8, 4) is 0 Å². The summed E-state index contributed by atoms with van der Waals surface area (Å²) in [6, 6.07) is 9.42. The van der Waals surface area contributed by atoms with Crippen molar-refractivity contribution in [1.29, 1.82) is 0 Å². The molecule has 0 unspecified atom stereocenters. The van der Waals surface area contributed by atoms with Crippen LogP contribution in [0.3, 0.4) is 0 Å². The zero-order valence-electron chi connectivity index (χ0n) is 10.5. The van der Waals surface area contributed by atoms with Crippen LogP contribution in [0.2, 0.25) is 0 Å². The molecule has 0 bridgehead atoms. The Morgan fingerprint density at radius 3 is 2.95 bits per heavy atom. The molecule has 0 amide bonds. The van der Waals surface area contributed by atoms with Gasteiger partial charge in [0.05, 0.1) is 22.6 Å². The number of hydrogen-bond donors (Lipinski definition) is 0. The van der Waals surface area contributed by atoms with Crippen molar-refractivity contribution in [2.75, 3.05) is 0 Å². The quantitative estimate of drug-likeness (QED) is 0.683. The minimum absolute atomic E-state index is 0.0869. The molecule has 0 spiro atoms. The lowest BCUT2D eigenvalue weighted by atomic mass is 10.0. The molecule has 0 radical (unpaired) electrons. The first-order chi connectivity index (χ1) is 9.24. The summed E-state index contributed by atoms with van der Waals surface area (Å²) in [5.41, 5.74) is 2.41. The number of hydrogen-bond acceptors (Lipinski definition) is 4. The molecule has 19 heavy (non-hydrogen) atoms. The van der Waals surface area contributed by atoms with Gasteiger partial charge in [-0.3, -0.25) is 9.78 Å². The molecule has 3 nitrogen and oxygen atoms in total. The van der Waals surface area contributed by atoms with Crippen molar-refractivity contribution in [2.45, 2.75) is 13.3 Å². The summed E-state index contributed by atoms with van der Waals surface area (Å²) in [4.78, 5) is 21.0. The average molecular weight is 268 g/mol. The number of nitrogens with zero attached hydrogens (tertiary/aromatic N) is 2. The fourth-order valence-corrected chi connectivity index (χ4v) is 2.71. The van der Waals surface area contributed by atoms with Crippen molar-refractivity contribution in [2.24, 2.45) is 0 Å². The lowest BCUT2D eigenvalue weighted by Gasteiger charge is -2.03. The molecule has 0 atom stereocenters. The smallest absolute Gasteiger partial charge is 0.169 e. The van der Waals surface area contributed by atoms with Crippen LogP contribution in [-0.2, 0) is 6.42 Å². The number of pyridine rings is 1. The first-order valence-electron chi connectivity index (χ1n) is 6.02. The summed E-state index contributed by atoms with van der Waals surface area (Å²) in [6.07, 6.45) is 2.08. The van der Waals surface area contributed by atoms with Gasteiger partial charge in [-0.1, -0.05) is 18.2 Å². The fraction of sp³-hybridized carbons (Fsp3) is 0.133. The molecule has 0 N–H and O–H groups in total. The van der Waals surface area contributed by atoms with E-state index in [0.29, 0.717) is 6.42 Å². The van der Waals surface area contributed by atoms with E-state index < -0.39 is 0 Å². The van der Waals surface area contributed by atoms with E-state index >= 15 is 0 Å². The predicted octanol–water partition coefficient (Wildman–Crippen LogP) is 3.43. The highest BCUT2D eigenvalue weighted by Crippen LogP contribution is 2.19. The van der Waals surface area contributed by atoms with Gasteiger partial charge in [0, 0.05) is 22.5 Å². The van der Waals surface area contributed by atoms with Gasteiger partial charge in [0.25, 0.3) is 0 Å². The van der Waals surface area contributed by atoms with Gasteiger partial charge in [-0.15, -0.1) is 11.3 Å². The van der Waals surface area contributed by atoms with Gasteiger partial charge in [0.15, 0.2) is 5.78 Å². The third kappa shape index (κ3) is 2.39. The van der Waals surface area contributed by atoms with Crippen molar-refractivity contribution < 1.29 is 4.79 Å². The summed E-state index contributed by atoms with van der Waals surface area (Å²) in [7, 11) is 0. The summed E-state index contributed by atoms with van der Waals surface area (Å²) in [5.74, 6) is 0.0869. The van der Waals surface area contributed by atoms with E-state index in [-0.39, 0.29) is 5.78 Å². The number of rotatable bonds is 3. The first kappa shape index (κ1) is 12.0. The Bertz CT molecular complexity index is 743. The lowest BCUT2D eigenvalue weighted by molar-refractivity contribution is 0.0993. The molecule has 2 aromatic heterocycles. The number of fused-ring (bicyclic) bond motifs is 1. The number of aromatic nitrogens is 2. The second kappa shape index (κ2) is 4.90. The number of benzene rings is 1. The zero-order chi connectivity index (χ0) is 13.2. The number of carbonyl (C=O) groups excluding carboxylic acids is 1. The van der Waals surface area contributed by atoms with E-state index in [9.17, 15) is 4.79 Å². The van der Waals surface area contributed by atoms with E-state index in [2.05, 4.69) is 9.97 Å². The lowest BCUT2D eigenvalue weighted by Crippen LogP contribution is -2.04. The maximum atomic E-state index is 12.4. The highest BCUT2D eigenvalue weighted by atomic mass is 32.1. The number of Topliss-reactive ketones (excluding diaryl/α,β-unsaturated/α-hetero) is 1. The van der Waals surface area contributed by atoms with Gasteiger partial charge in [-0.2, -0.15) is 0 Å². The Morgan fingerprint density at radius 1 is 1.26 bits per heavy atom. The highest BCUT2D eigenvalue weighted by molar-refractivity contribution is 7.09. The standard InChI is InChI=1S/C15H12N2OS/c1-10-17-11(9-19-10)8-15(18)13-4-2-6-14-12(13)5-3-7-16-14/h2-7,9H,8H2,1H3. The van der Waals surface area contributed by atoms with Crippen LogP contribution >= 0.6 is 11.3 Å².